The van der Waals surface area contributed by atoms with Gasteiger partial charge in [-0.1, -0.05) is 47.5 Å². The zero-order valence-electron chi connectivity index (χ0n) is 14.6. The molecule has 0 unspecified atom stereocenters. The molecule has 0 bridgehead atoms. The lowest BCUT2D eigenvalue weighted by Gasteiger charge is -2.29. The van der Waals surface area contributed by atoms with Crippen LogP contribution in [-0.4, -0.2) is 17.0 Å². The van der Waals surface area contributed by atoms with Crippen molar-refractivity contribution in [2.75, 3.05) is 0 Å². The standard InChI is InChI=1S/C20H22O4/c1-12-6-8-14(3)17(10-12)20(23,19(22)24-16(5)21)18-11-13(2)7-9-15(18)4/h6-11,23H,1-5H3. The fourth-order valence-corrected chi connectivity index (χ4v) is 2.82. The second-order valence-electron chi connectivity index (χ2n) is 6.23. The Balaban J connectivity index is 2.79. The summed E-state index contributed by atoms with van der Waals surface area (Å²) in [5.41, 5.74) is 2.07. The van der Waals surface area contributed by atoms with Gasteiger partial charge in [0.15, 0.2) is 0 Å². The van der Waals surface area contributed by atoms with E-state index < -0.39 is 17.5 Å². The van der Waals surface area contributed by atoms with Crippen molar-refractivity contribution in [3.63, 3.8) is 0 Å². The molecule has 4 nitrogen and oxygen atoms in total. The minimum atomic E-state index is -2.04. The summed E-state index contributed by atoms with van der Waals surface area (Å²) < 4.78 is 4.79. The molecule has 0 aliphatic heterocycles. The zero-order valence-corrected chi connectivity index (χ0v) is 14.6. The van der Waals surface area contributed by atoms with Gasteiger partial charge >= 0.3 is 11.9 Å². The fourth-order valence-electron chi connectivity index (χ4n) is 2.82. The van der Waals surface area contributed by atoms with Crippen molar-refractivity contribution in [1.29, 1.82) is 0 Å². The highest BCUT2D eigenvalue weighted by Crippen LogP contribution is 2.36. The van der Waals surface area contributed by atoms with Crippen molar-refractivity contribution in [1.82, 2.24) is 0 Å². The van der Waals surface area contributed by atoms with Crippen LogP contribution in [0.2, 0.25) is 0 Å². The number of esters is 2. The monoisotopic (exact) mass is 326 g/mol. The van der Waals surface area contributed by atoms with E-state index in [0.717, 1.165) is 29.2 Å². The number of aliphatic hydroxyl groups is 1. The first-order valence-corrected chi connectivity index (χ1v) is 7.77. The molecule has 0 spiro atoms. The average molecular weight is 326 g/mol. The lowest BCUT2D eigenvalue weighted by molar-refractivity contribution is -0.170. The first-order chi connectivity index (χ1) is 11.2. The van der Waals surface area contributed by atoms with Crippen LogP contribution in [0.15, 0.2) is 36.4 Å². The van der Waals surface area contributed by atoms with Gasteiger partial charge in [0.25, 0.3) is 0 Å². The smallest absolute Gasteiger partial charge is 0.355 e. The van der Waals surface area contributed by atoms with E-state index in [4.69, 9.17) is 4.74 Å². The number of aryl methyl sites for hydroxylation is 4. The van der Waals surface area contributed by atoms with Crippen LogP contribution in [0.5, 0.6) is 0 Å². The number of hydrogen-bond acceptors (Lipinski definition) is 4. The van der Waals surface area contributed by atoms with Gasteiger partial charge in [0.2, 0.25) is 5.60 Å². The van der Waals surface area contributed by atoms with Crippen molar-refractivity contribution >= 4 is 11.9 Å². The molecule has 0 saturated carbocycles. The molecule has 0 aliphatic rings. The van der Waals surface area contributed by atoms with Gasteiger partial charge in [-0.05, 0) is 38.8 Å². The normalized spacial score (nSPS) is 11.2. The van der Waals surface area contributed by atoms with E-state index in [1.165, 1.54) is 0 Å². The first-order valence-electron chi connectivity index (χ1n) is 7.77. The number of benzene rings is 2. The summed E-state index contributed by atoms with van der Waals surface area (Å²) in [6.07, 6.45) is 0. The van der Waals surface area contributed by atoms with Gasteiger partial charge in [0.05, 0.1) is 0 Å². The molecule has 0 aromatic heterocycles. The topological polar surface area (TPSA) is 63.6 Å². The molecule has 1 N–H and O–H groups in total. The van der Waals surface area contributed by atoms with Crippen molar-refractivity contribution in [3.8, 4) is 0 Å². The molecular formula is C20H22O4. The van der Waals surface area contributed by atoms with Crippen LogP contribution >= 0.6 is 0 Å². The number of hydrogen-bond donors (Lipinski definition) is 1. The summed E-state index contributed by atoms with van der Waals surface area (Å²) in [5, 5.41) is 11.5. The number of rotatable bonds is 3. The van der Waals surface area contributed by atoms with E-state index >= 15 is 0 Å². The number of carbonyl (C=O) groups excluding carboxylic acids is 2. The minimum Gasteiger partial charge on any atom is -0.391 e. The van der Waals surface area contributed by atoms with Crippen LogP contribution in [0.3, 0.4) is 0 Å². The predicted molar refractivity (Wildman–Crippen MR) is 91.6 cm³/mol. The first kappa shape index (κ1) is 17.9. The van der Waals surface area contributed by atoms with Gasteiger partial charge in [-0.25, -0.2) is 4.79 Å². The number of carbonyl (C=O) groups is 2. The third-order valence-corrected chi connectivity index (χ3v) is 4.10. The molecule has 2 aromatic carbocycles. The Morgan fingerprint density at radius 3 is 1.67 bits per heavy atom. The summed E-state index contributed by atoms with van der Waals surface area (Å²) >= 11 is 0. The lowest BCUT2D eigenvalue weighted by Crippen LogP contribution is -2.40. The third kappa shape index (κ3) is 3.24. The Morgan fingerprint density at radius 2 is 1.29 bits per heavy atom. The van der Waals surface area contributed by atoms with Crippen LogP contribution in [-0.2, 0) is 19.9 Å². The molecule has 0 radical (unpaired) electrons. The second kappa shape index (κ2) is 6.57. The van der Waals surface area contributed by atoms with E-state index in [9.17, 15) is 14.7 Å². The lowest BCUT2D eigenvalue weighted by atomic mass is 9.80. The molecule has 126 valence electrons. The Bertz CT molecular complexity index is 754. The third-order valence-electron chi connectivity index (χ3n) is 4.10. The van der Waals surface area contributed by atoms with E-state index in [2.05, 4.69) is 0 Å². The van der Waals surface area contributed by atoms with E-state index in [-0.39, 0.29) is 0 Å². The van der Waals surface area contributed by atoms with Gasteiger partial charge < -0.3 is 9.84 Å². The zero-order chi connectivity index (χ0) is 18.1. The summed E-state index contributed by atoms with van der Waals surface area (Å²) in [6.45, 7) is 8.52. The van der Waals surface area contributed by atoms with Crippen molar-refractivity contribution < 1.29 is 19.4 Å². The maximum Gasteiger partial charge on any atom is 0.355 e. The highest BCUT2D eigenvalue weighted by Gasteiger charge is 2.44. The second-order valence-corrected chi connectivity index (χ2v) is 6.23. The molecule has 0 atom stereocenters. The Morgan fingerprint density at radius 1 is 0.875 bits per heavy atom. The Kier molecular flexibility index (Phi) is 4.90. The van der Waals surface area contributed by atoms with E-state index in [1.54, 1.807) is 12.1 Å². The summed E-state index contributed by atoms with van der Waals surface area (Å²) in [4.78, 5) is 24.0. The van der Waals surface area contributed by atoms with Crippen LogP contribution < -0.4 is 0 Å². The van der Waals surface area contributed by atoms with Gasteiger partial charge in [-0.3, -0.25) is 4.79 Å². The predicted octanol–water partition coefficient (Wildman–Crippen LogP) is 3.25. The van der Waals surface area contributed by atoms with Crippen LogP contribution in [0.25, 0.3) is 0 Å². The average Bonchev–Trinajstić information content (AvgIpc) is 2.50. The molecule has 24 heavy (non-hydrogen) atoms. The largest absolute Gasteiger partial charge is 0.391 e. The summed E-state index contributed by atoms with van der Waals surface area (Å²) in [7, 11) is 0. The van der Waals surface area contributed by atoms with Gasteiger partial charge in [0, 0.05) is 18.1 Å². The molecule has 0 fully saturated rings. The maximum absolute atomic E-state index is 12.7. The van der Waals surface area contributed by atoms with Crippen molar-refractivity contribution in [2.24, 2.45) is 0 Å². The van der Waals surface area contributed by atoms with Crippen LogP contribution in [0.1, 0.15) is 40.3 Å². The molecule has 2 aromatic rings. The fraction of sp³-hybridized carbons (Fsp3) is 0.300. The Labute approximate surface area is 142 Å². The van der Waals surface area contributed by atoms with Crippen molar-refractivity contribution in [3.05, 3.63) is 69.8 Å². The van der Waals surface area contributed by atoms with Crippen LogP contribution in [0, 0.1) is 27.7 Å². The molecular weight excluding hydrogens is 304 g/mol. The van der Waals surface area contributed by atoms with Crippen molar-refractivity contribution in [2.45, 2.75) is 40.2 Å². The molecule has 4 heteroatoms. The summed E-state index contributed by atoms with van der Waals surface area (Å²) in [6, 6.07) is 11.0. The quantitative estimate of drug-likeness (QED) is 0.695. The van der Waals surface area contributed by atoms with Crippen LogP contribution in [0.4, 0.5) is 0 Å². The molecule has 0 heterocycles. The van der Waals surface area contributed by atoms with Gasteiger partial charge in [-0.2, -0.15) is 0 Å². The Hall–Kier alpha value is -2.46. The minimum absolute atomic E-state index is 0.419. The SMILES string of the molecule is CC(=O)OC(=O)C(O)(c1cc(C)ccc1C)c1cc(C)ccc1C. The molecule has 2 rings (SSSR count). The maximum atomic E-state index is 12.7. The molecule has 0 aliphatic carbocycles. The number of ether oxygens (including phenoxy) is 1. The summed E-state index contributed by atoms with van der Waals surface area (Å²) in [5.74, 6) is -1.74. The highest BCUT2D eigenvalue weighted by molar-refractivity contribution is 5.93. The van der Waals surface area contributed by atoms with E-state index in [0.29, 0.717) is 11.1 Å². The molecule has 0 saturated heterocycles. The highest BCUT2D eigenvalue weighted by atomic mass is 16.6. The van der Waals surface area contributed by atoms with E-state index in [1.807, 2.05) is 52.0 Å². The van der Waals surface area contributed by atoms with Gasteiger partial charge in [-0.15, -0.1) is 0 Å². The van der Waals surface area contributed by atoms with Gasteiger partial charge in [0.1, 0.15) is 0 Å². The molecule has 0 amide bonds.